The number of likely N-dealkylation sites (N-methyl/N-ethyl adjacent to an activating group) is 1. The molecule has 0 aromatic heterocycles. The Kier molecular flexibility index (Phi) is 44.4. The summed E-state index contributed by atoms with van der Waals surface area (Å²) in [6, 6.07) is 8.16. The first kappa shape index (κ1) is 104. The van der Waals surface area contributed by atoms with Crippen LogP contribution in [0.15, 0.2) is 47.8 Å². The SMILES string of the molecule is CC(C)[C@H](NC(=O)[C@@H](CCCCNC(=O)COC1CCCCCC(NCCOCCOCCOCCOCCC(=O)NCC[N+](C)(C)C)=C1NN)NC(=O)CCOCCOCCOCCOCCNC(=O)COC1C#CCCCCC1)C(=O)N[C@@H](C)C(=O)Nc1ccc2c(c1)[C@@]1(C)CCC[C@](C)(C(=O)NC(=O)[C@@]3(C)CCC[C@]4(C)c5cc(O)ccc5CC[C@@H]34)C1CC2. The number of nitrogens with two attached hydrogens (primary N) is 1. The van der Waals surface area contributed by atoms with Gasteiger partial charge in [-0.05, 0) is 191 Å². The number of aryl methyl sites for hydroxylation is 2. The minimum absolute atomic E-state index is 0.0180. The summed E-state index contributed by atoms with van der Waals surface area (Å²) >= 11 is 0. The third kappa shape index (κ3) is 33.8. The van der Waals surface area contributed by atoms with Gasteiger partial charge in [0.2, 0.25) is 53.2 Å². The Morgan fingerprint density at radius 1 is 0.512 bits per heavy atom. The fourth-order valence-corrected chi connectivity index (χ4v) is 18.9. The second-order valence-electron chi connectivity index (χ2n) is 37.2. The van der Waals surface area contributed by atoms with E-state index in [4.69, 9.17) is 53.2 Å². The number of phenols is 1. The molecule has 0 heterocycles. The minimum atomic E-state index is -1.13. The van der Waals surface area contributed by atoms with Crippen LogP contribution in [0.3, 0.4) is 0 Å². The van der Waals surface area contributed by atoms with E-state index in [-0.39, 0.29) is 111 Å². The number of fused-ring (bicyclic) bond motifs is 6. The number of benzene rings is 2. The van der Waals surface area contributed by atoms with Crippen LogP contribution in [0.1, 0.15) is 218 Å². The Labute approximate surface area is 753 Å². The maximum Gasteiger partial charge on any atom is 0.246 e. The number of imide groups is 1. The van der Waals surface area contributed by atoms with Crippen molar-refractivity contribution in [3.63, 3.8) is 0 Å². The molecule has 127 heavy (non-hydrogen) atoms. The van der Waals surface area contributed by atoms with Gasteiger partial charge in [0, 0.05) is 50.3 Å². The first-order chi connectivity index (χ1) is 61.0. The van der Waals surface area contributed by atoms with E-state index in [1.165, 1.54) is 5.56 Å². The topological polar surface area (TPSA) is 412 Å². The molecule has 32 nitrogen and oxygen atoms in total. The van der Waals surface area contributed by atoms with Crippen molar-refractivity contribution in [1.29, 1.82) is 0 Å². The number of unbranched alkanes of at least 4 members (excludes halogenated alkanes) is 1. The minimum Gasteiger partial charge on any atom is -0.508 e. The summed E-state index contributed by atoms with van der Waals surface area (Å²) in [6.45, 7) is 21.0. The summed E-state index contributed by atoms with van der Waals surface area (Å²) < 4.78 is 57.9. The molecule has 0 bridgehead atoms. The molecular weight excluding hydrogens is 1630 g/mol. The number of hydrogen-bond acceptors (Lipinski definition) is 23. The Hall–Kier alpha value is -7.91. The lowest BCUT2D eigenvalue weighted by Crippen LogP contribution is -2.60. The molecule has 2 fully saturated rings. The predicted octanol–water partition coefficient (Wildman–Crippen LogP) is 6.93. The second-order valence-corrected chi connectivity index (χ2v) is 37.2. The van der Waals surface area contributed by atoms with Crippen LogP contribution < -0.4 is 59.1 Å². The standard InChI is InChI=1S/C95H152N12O20/c1-67(2)85(89(115)101-68(3)87(113)102-71-32-28-69-30-34-79-92(4,74(69)63-71)38-21-40-94(79,6)90(116)105-91(117)95(7)41-22-39-93(5)75-64-72(108)33-29-70(75)31-35-80(93)95)104-88(114)77(103-82(110)37-48-119-52-56-123-60-62-125-58-54-121-50-45-100-83(111)65-126-73-23-15-12-11-13-16-24-73)26-19-20-42-98-84(112)66-127-78-27-18-14-17-25-76(86(78)106-96)97-44-49-120-53-57-124-61-59-122-55-51-118-47-36-81(109)99-43-46-107(8,9)10/h28-29,32-33,63-64,67-68,73,77-80,85,97,106H,11-15,17-23,25-27,30-31,34-62,65-66,96H2,1-10H3,(H8-,98,99,100,101,102,103,104,105,108,109,110,111,112,113,114,115,116,117)/p+1/t68-,73?,77+,78?,79?,80+,85-,92+,93+,94-,95-/m0/s1. The lowest BCUT2D eigenvalue weighted by atomic mass is 9.49. The molecule has 6 aliphatic rings. The van der Waals surface area contributed by atoms with Crippen molar-refractivity contribution < 1.29 is 100 Å². The Balaban J connectivity index is 0.778. The highest BCUT2D eigenvalue weighted by Gasteiger charge is 2.59. The Morgan fingerprint density at radius 3 is 1.63 bits per heavy atom. The van der Waals surface area contributed by atoms with Crippen LogP contribution in [-0.2, 0) is 114 Å². The Bertz CT molecular complexity index is 3930. The van der Waals surface area contributed by atoms with Crippen LogP contribution in [0.4, 0.5) is 5.69 Å². The Morgan fingerprint density at radius 2 is 1.04 bits per heavy atom. The van der Waals surface area contributed by atoms with E-state index in [0.717, 1.165) is 136 Å². The van der Waals surface area contributed by atoms with Crippen molar-refractivity contribution in [1.82, 2.24) is 48.0 Å². The number of anilines is 1. The normalized spacial score (nSPS) is 22.9. The first-order valence-corrected chi connectivity index (χ1v) is 46.9. The average molecular weight is 1780 g/mol. The number of allylic oxidation sites excluding steroid dienone is 1. The fraction of sp³-hybridized carbons (Fsp3) is 0.737. The van der Waals surface area contributed by atoms with Gasteiger partial charge in [0.25, 0.3) is 0 Å². The summed E-state index contributed by atoms with van der Waals surface area (Å²) in [6.07, 6.45) is 17.1. The zero-order valence-electron chi connectivity index (χ0n) is 77.8. The molecule has 0 aliphatic heterocycles. The van der Waals surface area contributed by atoms with Crippen molar-refractivity contribution in [2.24, 2.45) is 34.4 Å². The molecule has 0 saturated heterocycles. The quantitative estimate of drug-likeness (QED) is 0.00797. The monoisotopic (exact) mass is 1780 g/mol. The predicted molar refractivity (Wildman–Crippen MR) is 482 cm³/mol. The highest BCUT2D eigenvalue weighted by atomic mass is 16.6. The van der Waals surface area contributed by atoms with E-state index in [9.17, 15) is 48.3 Å². The molecule has 11 atom stereocenters. The van der Waals surface area contributed by atoms with Gasteiger partial charge in [0.15, 0.2) is 0 Å². The van der Waals surface area contributed by atoms with Gasteiger partial charge in [-0.1, -0.05) is 91.7 Å². The van der Waals surface area contributed by atoms with E-state index >= 15 is 0 Å². The number of rotatable bonds is 56. The molecule has 712 valence electrons. The zero-order chi connectivity index (χ0) is 91.7. The highest BCUT2D eigenvalue weighted by Crippen LogP contribution is 2.60. The number of nitrogens with one attached hydrogen (secondary N) is 10. The molecule has 0 radical (unpaired) electrons. The highest BCUT2D eigenvalue weighted by molar-refractivity contribution is 6.01. The lowest BCUT2D eigenvalue weighted by molar-refractivity contribution is -0.869. The molecule has 13 N–H and O–H groups in total. The van der Waals surface area contributed by atoms with Crippen LogP contribution in [-0.4, -0.2) is 266 Å². The summed E-state index contributed by atoms with van der Waals surface area (Å²) in [7, 11) is 6.23. The van der Waals surface area contributed by atoms with E-state index in [1.54, 1.807) is 26.8 Å². The number of hydrogen-bond donors (Lipinski definition) is 12. The van der Waals surface area contributed by atoms with Gasteiger partial charge in [-0.15, -0.1) is 5.92 Å². The van der Waals surface area contributed by atoms with E-state index in [1.807, 2.05) is 44.2 Å². The smallest absolute Gasteiger partial charge is 0.246 e. The molecule has 3 unspecified atom stereocenters. The van der Waals surface area contributed by atoms with Gasteiger partial charge in [-0.2, -0.15) is 0 Å². The number of amides is 9. The number of hydrazine groups is 1. The van der Waals surface area contributed by atoms with Crippen molar-refractivity contribution in [3.05, 3.63) is 70.0 Å². The van der Waals surface area contributed by atoms with Gasteiger partial charge in [-0.25, -0.2) is 0 Å². The molecule has 0 spiro atoms. The van der Waals surface area contributed by atoms with Gasteiger partial charge in [0.05, 0.1) is 156 Å². The van der Waals surface area contributed by atoms with Crippen LogP contribution in [0.2, 0.25) is 0 Å². The van der Waals surface area contributed by atoms with E-state index in [2.05, 4.69) is 100 Å². The third-order valence-electron chi connectivity index (χ3n) is 26.1. The number of phenolic OH excluding ortho intramolecular Hbond substituents is 1. The van der Waals surface area contributed by atoms with Crippen LogP contribution >= 0.6 is 0 Å². The number of ether oxygens (including phenoxy) is 10. The maximum atomic E-state index is 15.0. The third-order valence-corrected chi connectivity index (χ3v) is 26.1. The van der Waals surface area contributed by atoms with Crippen molar-refractivity contribution in [3.8, 4) is 17.6 Å². The van der Waals surface area contributed by atoms with Gasteiger partial charge in [0.1, 0.15) is 49.3 Å². The molecule has 6 aliphatic carbocycles. The largest absolute Gasteiger partial charge is 0.508 e. The van der Waals surface area contributed by atoms with E-state index in [0.29, 0.717) is 162 Å². The van der Waals surface area contributed by atoms with Crippen molar-refractivity contribution >= 4 is 58.9 Å². The molecule has 8 rings (SSSR count). The van der Waals surface area contributed by atoms with Gasteiger partial charge >= 0.3 is 0 Å². The zero-order valence-corrected chi connectivity index (χ0v) is 77.8. The molecule has 32 heteroatoms. The van der Waals surface area contributed by atoms with Gasteiger partial charge in [-0.3, -0.25) is 54.3 Å². The lowest BCUT2D eigenvalue weighted by Gasteiger charge is -2.56. The van der Waals surface area contributed by atoms with Crippen LogP contribution in [0.25, 0.3) is 0 Å². The molecule has 2 aromatic rings. The number of quaternary nitrogens is 1. The average Bonchev–Trinajstić information content (AvgIpc) is 0.721. The summed E-state index contributed by atoms with van der Waals surface area (Å²) in [5, 5.41) is 37.3. The second kappa shape index (κ2) is 54.0. The maximum absolute atomic E-state index is 15.0. The van der Waals surface area contributed by atoms with Gasteiger partial charge < -0.3 is 105 Å². The molecule has 2 aromatic carbocycles. The number of nitrogens with zero attached hydrogens (tertiary/aromatic N) is 1. The number of carbonyl (C=O) groups excluding carboxylic acids is 9. The molecular formula is C95H153N12O20+. The van der Waals surface area contributed by atoms with Crippen molar-refractivity contribution in [2.75, 3.05) is 178 Å². The number of aromatic hydroxyl groups is 1. The summed E-state index contributed by atoms with van der Waals surface area (Å²) in [5.41, 5.74) is 6.91. The first-order valence-electron chi connectivity index (χ1n) is 46.9. The van der Waals surface area contributed by atoms with Crippen LogP contribution in [0.5, 0.6) is 5.75 Å². The number of carbonyl (C=O) groups is 9. The van der Waals surface area contributed by atoms with Crippen molar-refractivity contribution in [2.45, 2.75) is 250 Å². The fourth-order valence-electron chi connectivity index (χ4n) is 18.9. The summed E-state index contributed by atoms with van der Waals surface area (Å²) in [5.74, 6) is 8.70. The van der Waals surface area contributed by atoms with E-state index < -0.39 is 70.0 Å². The molecule has 2 saturated carbocycles. The van der Waals surface area contributed by atoms with Crippen LogP contribution in [0, 0.1) is 40.4 Å². The molecule has 9 amide bonds. The summed E-state index contributed by atoms with van der Waals surface area (Å²) in [4.78, 5) is 124.